The van der Waals surface area contributed by atoms with E-state index in [1.165, 1.54) is 22.9 Å². The van der Waals surface area contributed by atoms with Crippen molar-refractivity contribution in [2.45, 2.75) is 27.7 Å². The van der Waals surface area contributed by atoms with E-state index in [1.54, 1.807) is 4.90 Å². The van der Waals surface area contributed by atoms with Gasteiger partial charge in [-0.25, -0.2) is 4.99 Å². The number of aryl methyl sites for hydroxylation is 2. The number of amides is 1. The van der Waals surface area contributed by atoms with Crippen LogP contribution >= 0.6 is 11.8 Å². The van der Waals surface area contributed by atoms with Crippen LogP contribution in [0.2, 0.25) is 0 Å². The Morgan fingerprint density at radius 1 is 1.00 bits per heavy atom. The molecule has 1 amide bonds. The first-order valence-electron chi connectivity index (χ1n) is 8.86. The fourth-order valence-corrected chi connectivity index (χ4v) is 3.67. The van der Waals surface area contributed by atoms with Crippen molar-refractivity contribution in [3.8, 4) is 0 Å². The first kappa shape index (κ1) is 18.5. The zero-order chi connectivity index (χ0) is 18.7. The van der Waals surface area contributed by atoms with Crippen molar-refractivity contribution in [1.29, 1.82) is 0 Å². The molecule has 0 saturated carbocycles. The van der Waals surface area contributed by atoms with Gasteiger partial charge in [-0.3, -0.25) is 9.69 Å². The predicted octanol–water partition coefficient (Wildman–Crippen LogP) is 5.56. The van der Waals surface area contributed by atoms with Gasteiger partial charge >= 0.3 is 0 Å². The molecule has 2 aromatic rings. The fourth-order valence-electron chi connectivity index (χ4n) is 2.66. The summed E-state index contributed by atoms with van der Waals surface area (Å²) in [5.74, 6) is 0.414. The number of carbonyl (C=O) groups excluding carboxylic acids is 1. The number of amidine groups is 1. The minimum Gasteiger partial charge on any atom is -0.286 e. The Bertz CT molecular complexity index is 849. The Kier molecular flexibility index (Phi) is 5.62. The molecule has 0 radical (unpaired) electrons. The molecule has 0 aromatic heterocycles. The molecule has 4 heteroatoms. The Labute approximate surface area is 159 Å². The molecule has 0 spiro atoms. The van der Waals surface area contributed by atoms with Gasteiger partial charge < -0.3 is 0 Å². The van der Waals surface area contributed by atoms with Gasteiger partial charge in [0.25, 0.3) is 5.91 Å². The molecule has 1 aliphatic heterocycles. The minimum atomic E-state index is 0.0372. The van der Waals surface area contributed by atoms with Gasteiger partial charge in [-0.1, -0.05) is 61.4 Å². The van der Waals surface area contributed by atoms with Crippen LogP contribution < -0.4 is 0 Å². The van der Waals surface area contributed by atoms with Crippen LogP contribution in [-0.4, -0.2) is 22.5 Å². The lowest BCUT2D eigenvalue weighted by atomic mass is 10.1. The first-order valence-corrected chi connectivity index (χ1v) is 9.67. The lowest BCUT2D eigenvalue weighted by Gasteiger charge is -2.17. The predicted molar refractivity (Wildman–Crippen MR) is 112 cm³/mol. The van der Waals surface area contributed by atoms with Crippen LogP contribution in [0.25, 0.3) is 6.08 Å². The van der Waals surface area contributed by atoms with Crippen molar-refractivity contribution in [3.05, 3.63) is 70.1 Å². The average Bonchev–Trinajstić information content (AvgIpc) is 2.87. The fraction of sp³-hybridized carbons (Fsp3) is 0.273. The highest BCUT2D eigenvalue weighted by Crippen LogP contribution is 2.34. The Morgan fingerprint density at radius 3 is 2.15 bits per heavy atom. The molecule has 3 nitrogen and oxygen atoms in total. The quantitative estimate of drug-likeness (QED) is 0.665. The molecule has 1 heterocycles. The van der Waals surface area contributed by atoms with Crippen molar-refractivity contribution in [3.63, 3.8) is 0 Å². The van der Waals surface area contributed by atoms with E-state index >= 15 is 0 Å². The number of hydrogen-bond donors (Lipinski definition) is 0. The molecule has 0 atom stereocenters. The normalized spacial score (nSPS) is 17.7. The van der Waals surface area contributed by atoms with Gasteiger partial charge in [-0.2, -0.15) is 0 Å². The zero-order valence-corrected chi connectivity index (χ0v) is 16.5. The number of thioether (sulfide) groups is 1. The van der Waals surface area contributed by atoms with Gasteiger partial charge in [0.05, 0.1) is 10.6 Å². The highest BCUT2D eigenvalue weighted by Gasteiger charge is 2.33. The van der Waals surface area contributed by atoms with E-state index < -0.39 is 0 Å². The van der Waals surface area contributed by atoms with E-state index in [1.807, 2.05) is 42.5 Å². The van der Waals surface area contributed by atoms with Crippen LogP contribution in [0.15, 0.2) is 58.4 Å². The average molecular weight is 365 g/mol. The van der Waals surface area contributed by atoms with E-state index in [2.05, 4.69) is 39.8 Å². The number of benzene rings is 2. The molecule has 0 unspecified atom stereocenters. The SMILES string of the molecule is Cc1ccc(/C=C2/SC(=Nc3ccc(C)cc3)N(CC(C)C)C2=O)cc1. The van der Waals surface area contributed by atoms with Gasteiger partial charge in [0, 0.05) is 6.54 Å². The topological polar surface area (TPSA) is 32.7 Å². The maximum atomic E-state index is 12.9. The van der Waals surface area contributed by atoms with Crippen molar-refractivity contribution in [1.82, 2.24) is 4.90 Å². The van der Waals surface area contributed by atoms with Crippen LogP contribution in [0.3, 0.4) is 0 Å². The zero-order valence-electron chi connectivity index (χ0n) is 15.7. The molecule has 26 heavy (non-hydrogen) atoms. The van der Waals surface area contributed by atoms with E-state index in [0.29, 0.717) is 12.5 Å². The number of rotatable bonds is 4. The third-order valence-electron chi connectivity index (χ3n) is 4.07. The van der Waals surface area contributed by atoms with Crippen molar-refractivity contribution in [2.24, 2.45) is 10.9 Å². The summed E-state index contributed by atoms with van der Waals surface area (Å²) in [6, 6.07) is 16.3. The van der Waals surface area contributed by atoms with E-state index in [0.717, 1.165) is 21.3 Å². The highest BCUT2D eigenvalue weighted by molar-refractivity contribution is 8.18. The number of hydrogen-bond acceptors (Lipinski definition) is 3. The Morgan fingerprint density at radius 2 is 1.58 bits per heavy atom. The van der Waals surface area contributed by atoms with E-state index in [9.17, 15) is 4.79 Å². The lowest BCUT2D eigenvalue weighted by molar-refractivity contribution is -0.122. The molecule has 1 aliphatic rings. The van der Waals surface area contributed by atoms with Gasteiger partial charge in [0.15, 0.2) is 5.17 Å². The third-order valence-corrected chi connectivity index (χ3v) is 5.08. The largest absolute Gasteiger partial charge is 0.286 e. The van der Waals surface area contributed by atoms with Gasteiger partial charge in [-0.15, -0.1) is 0 Å². The molecular formula is C22H24N2OS. The van der Waals surface area contributed by atoms with Gasteiger partial charge in [0.2, 0.25) is 0 Å². The summed E-state index contributed by atoms with van der Waals surface area (Å²) < 4.78 is 0. The van der Waals surface area contributed by atoms with Crippen LogP contribution in [0.5, 0.6) is 0 Å². The molecule has 0 bridgehead atoms. The van der Waals surface area contributed by atoms with Crippen molar-refractivity contribution in [2.75, 3.05) is 6.54 Å². The lowest BCUT2D eigenvalue weighted by Crippen LogP contribution is -2.32. The molecule has 134 valence electrons. The molecule has 1 fully saturated rings. The summed E-state index contributed by atoms with van der Waals surface area (Å²) in [4.78, 5) is 20.2. The number of aliphatic imine (C=N–C) groups is 1. The summed E-state index contributed by atoms with van der Waals surface area (Å²) in [6.45, 7) is 9.01. The van der Waals surface area contributed by atoms with Gasteiger partial charge in [-0.05, 0) is 55.3 Å². The second kappa shape index (κ2) is 7.92. The standard InChI is InChI=1S/C22H24N2OS/c1-15(2)14-24-21(25)20(13-18-9-5-16(3)6-10-18)26-22(24)23-19-11-7-17(4)8-12-19/h5-13,15H,14H2,1-4H3/b20-13+,23-22?. The van der Waals surface area contributed by atoms with Crippen molar-refractivity contribution < 1.29 is 4.79 Å². The molecular weight excluding hydrogens is 340 g/mol. The molecule has 0 N–H and O–H groups in total. The molecule has 2 aromatic carbocycles. The summed E-state index contributed by atoms with van der Waals surface area (Å²) in [6.07, 6.45) is 1.96. The summed E-state index contributed by atoms with van der Waals surface area (Å²) >= 11 is 1.45. The van der Waals surface area contributed by atoms with Crippen LogP contribution in [0.1, 0.15) is 30.5 Å². The Balaban J connectivity index is 1.93. The smallest absolute Gasteiger partial charge is 0.266 e. The number of nitrogens with zero attached hydrogens (tertiary/aromatic N) is 2. The van der Waals surface area contributed by atoms with E-state index in [-0.39, 0.29) is 5.91 Å². The molecule has 3 rings (SSSR count). The van der Waals surface area contributed by atoms with Crippen LogP contribution in [-0.2, 0) is 4.79 Å². The summed E-state index contributed by atoms with van der Waals surface area (Å²) in [5, 5.41) is 0.755. The maximum Gasteiger partial charge on any atom is 0.266 e. The second-order valence-electron chi connectivity index (χ2n) is 7.06. The third kappa shape index (κ3) is 4.44. The van der Waals surface area contributed by atoms with Crippen LogP contribution in [0.4, 0.5) is 5.69 Å². The molecule has 0 aliphatic carbocycles. The summed E-state index contributed by atoms with van der Waals surface area (Å²) in [7, 11) is 0. The highest BCUT2D eigenvalue weighted by atomic mass is 32.2. The van der Waals surface area contributed by atoms with Crippen molar-refractivity contribution >= 4 is 34.6 Å². The minimum absolute atomic E-state index is 0.0372. The van der Waals surface area contributed by atoms with Crippen LogP contribution in [0, 0.1) is 19.8 Å². The monoisotopic (exact) mass is 364 g/mol. The van der Waals surface area contributed by atoms with E-state index in [4.69, 9.17) is 4.99 Å². The maximum absolute atomic E-state index is 12.9. The van der Waals surface area contributed by atoms with Gasteiger partial charge in [0.1, 0.15) is 0 Å². The number of carbonyl (C=O) groups is 1. The Hall–Kier alpha value is -2.33. The second-order valence-corrected chi connectivity index (χ2v) is 8.07. The first-order chi connectivity index (χ1) is 12.4. The molecule has 1 saturated heterocycles. The summed E-state index contributed by atoms with van der Waals surface area (Å²) in [5.41, 5.74) is 4.31.